The van der Waals surface area contributed by atoms with Crippen molar-refractivity contribution in [2.24, 2.45) is 0 Å². The maximum Gasteiger partial charge on any atom is 0.289 e. The molecule has 98 valence electrons. The zero-order valence-corrected chi connectivity index (χ0v) is 12.0. The summed E-state index contributed by atoms with van der Waals surface area (Å²) in [7, 11) is 0. The second-order valence-electron chi connectivity index (χ2n) is 4.50. The lowest BCUT2D eigenvalue weighted by atomic mass is 9.98. The molecular weight excluding hydrogens is 282 g/mol. The van der Waals surface area contributed by atoms with Gasteiger partial charge in [-0.2, -0.15) is 0 Å². The maximum absolute atomic E-state index is 12.5. The fourth-order valence-corrected chi connectivity index (χ4v) is 3.23. The first-order valence-corrected chi connectivity index (χ1v) is 7.25. The van der Waals surface area contributed by atoms with Gasteiger partial charge in [0.05, 0.1) is 5.69 Å². The van der Waals surface area contributed by atoms with Gasteiger partial charge < -0.3 is 4.90 Å². The lowest BCUT2D eigenvalue weighted by molar-refractivity contribution is 0.0984. The Morgan fingerprint density at radius 1 is 1.42 bits per heavy atom. The molecule has 2 aromatic rings. The zero-order chi connectivity index (χ0) is 13.4. The van der Waals surface area contributed by atoms with E-state index in [0.29, 0.717) is 16.0 Å². The highest BCUT2D eigenvalue weighted by molar-refractivity contribution is 7.17. The molecule has 0 radical (unpaired) electrons. The van der Waals surface area contributed by atoms with Crippen molar-refractivity contribution in [3.63, 3.8) is 0 Å². The molecule has 0 unspecified atom stereocenters. The number of benzene rings is 1. The van der Waals surface area contributed by atoms with Crippen LogP contribution in [0.5, 0.6) is 0 Å². The smallest absolute Gasteiger partial charge is 0.289 e. The van der Waals surface area contributed by atoms with Gasteiger partial charge in [0.2, 0.25) is 9.47 Å². The summed E-state index contributed by atoms with van der Waals surface area (Å²) < 4.78 is 0.297. The van der Waals surface area contributed by atoms with Crippen LogP contribution in [0, 0.1) is 6.92 Å². The summed E-state index contributed by atoms with van der Waals surface area (Å²) in [6, 6.07) is 6.14. The van der Waals surface area contributed by atoms with Gasteiger partial charge in [-0.3, -0.25) is 4.79 Å². The van der Waals surface area contributed by atoms with Crippen LogP contribution >= 0.6 is 22.9 Å². The summed E-state index contributed by atoms with van der Waals surface area (Å²) in [6.07, 6.45) is 1.98. The van der Waals surface area contributed by atoms with Gasteiger partial charge >= 0.3 is 0 Å². The molecule has 0 bridgehead atoms. The number of hydrogen-bond acceptors (Lipinski definition) is 4. The molecular formula is C13H12ClN3OS. The largest absolute Gasteiger partial charge is 0.306 e. The molecule has 1 aromatic carbocycles. The molecule has 19 heavy (non-hydrogen) atoms. The molecule has 0 atom stereocenters. The first-order chi connectivity index (χ1) is 9.16. The number of para-hydroxylation sites is 1. The summed E-state index contributed by atoms with van der Waals surface area (Å²) in [5.74, 6) is -0.111. The normalized spacial score (nSPS) is 14.3. The summed E-state index contributed by atoms with van der Waals surface area (Å²) in [5.41, 5.74) is 3.35. The summed E-state index contributed by atoms with van der Waals surface area (Å²) in [4.78, 5) is 14.3. The van der Waals surface area contributed by atoms with E-state index in [-0.39, 0.29) is 5.91 Å². The number of aromatic nitrogens is 2. The molecule has 1 aliphatic heterocycles. The van der Waals surface area contributed by atoms with Gasteiger partial charge in [0.25, 0.3) is 5.91 Å². The van der Waals surface area contributed by atoms with Crippen LogP contribution in [0.3, 0.4) is 0 Å². The van der Waals surface area contributed by atoms with E-state index in [2.05, 4.69) is 16.3 Å². The minimum atomic E-state index is -0.111. The minimum Gasteiger partial charge on any atom is -0.306 e. The standard InChI is InChI=1S/C13H12ClN3OS/c1-8-4-2-5-9-6-3-7-17(10(8)9)12(18)11-15-16-13(14)19-11/h2,4-5H,3,6-7H2,1H3. The van der Waals surface area contributed by atoms with Crippen LogP contribution in [0.25, 0.3) is 0 Å². The number of halogens is 1. The summed E-state index contributed by atoms with van der Waals surface area (Å²) in [5, 5.41) is 7.88. The second-order valence-corrected chi connectivity index (χ2v) is 6.06. The molecule has 0 fully saturated rings. The van der Waals surface area contributed by atoms with Crippen LogP contribution in [0.4, 0.5) is 5.69 Å². The van der Waals surface area contributed by atoms with E-state index in [1.54, 1.807) is 4.90 Å². The molecule has 0 N–H and O–H groups in total. The average molecular weight is 294 g/mol. The Hall–Kier alpha value is -1.46. The Morgan fingerprint density at radius 3 is 3.00 bits per heavy atom. The van der Waals surface area contributed by atoms with Crippen molar-refractivity contribution in [1.82, 2.24) is 10.2 Å². The molecule has 0 spiro atoms. The molecule has 6 heteroatoms. The number of anilines is 1. The van der Waals surface area contributed by atoms with Gasteiger partial charge in [-0.25, -0.2) is 0 Å². The quantitative estimate of drug-likeness (QED) is 0.812. The highest BCUT2D eigenvalue weighted by Gasteiger charge is 2.27. The Morgan fingerprint density at radius 2 is 2.26 bits per heavy atom. The van der Waals surface area contributed by atoms with Crippen molar-refractivity contribution >= 4 is 34.5 Å². The highest BCUT2D eigenvalue weighted by atomic mass is 35.5. The number of nitrogens with zero attached hydrogens (tertiary/aromatic N) is 3. The van der Waals surface area contributed by atoms with Gasteiger partial charge in [0.15, 0.2) is 0 Å². The molecule has 1 aromatic heterocycles. The van der Waals surface area contributed by atoms with Crippen molar-refractivity contribution in [3.05, 3.63) is 38.8 Å². The number of rotatable bonds is 1. The van der Waals surface area contributed by atoms with Gasteiger partial charge in [-0.05, 0) is 42.5 Å². The lowest BCUT2D eigenvalue weighted by Gasteiger charge is -2.30. The monoisotopic (exact) mass is 293 g/mol. The fourth-order valence-electron chi connectivity index (χ4n) is 2.46. The number of hydrogen-bond donors (Lipinski definition) is 0. The second kappa shape index (κ2) is 4.90. The minimum absolute atomic E-state index is 0.111. The van der Waals surface area contributed by atoms with E-state index in [0.717, 1.165) is 35.4 Å². The molecule has 0 saturated heterocycles. The van der Waals surface area contributed by atoms with Crippen molar-refractivity contribution in [3.8, 4) is 0 Å². The first-order valence-electron chi connectivity index (χ1n) is 6.06. The average Bonchev–Trinajstić information content (AvgIpc) is 2.84. The molecule has 4 nitrogen and oxygen atoms in total. The predicted octanol–water partition coefficient (Wildman–Crippen LogP) is 3.09. The van der Waals surface area contributed by atoms with Crippen LogP contribution in [-0.2, 0) is 6.42 Å². The molecule has 3 rings (SSSR count). The van der Waals surface area contributed by atoms with E-state index in [1.165, 1.54) is 5.56 Å². The Kier molecular flexibility index (Phi) is 3.24. The highest BCUT2D eigenvalue weighted by Crippen LogP contribution is 2.32. The van der Waals surface area contributed by atoms with Crippen molar-refractivity contribution in [2.45, 2.75) is 19.8 Å². The summed E-state index contributed by atoms with van der Waals surface area (Å²) >= 11 is 6.87. The van der Waals surface area contributed by atoms with E-state index in [4.69, 9.17) is 11.6 Å². The lowest BCUT2D eigenvalue weighted by Crippen LogP contribution is -2.36. The third kappa shape index (κ3) is 2.24. The molecule has 0 saturated carbocycles. The van der Waals surface area contributed by atoms with Crippen LogP contribution in [0.15, 0.2) is 18.2 Å². The van der Waals surface area contributed by atoms with Gasteiger partial charge in [-0.15, -0.1) is 10.2 Å². The third-order valence-electron chi connectivity index (χ3n) is 3.25. The fraction of sp³-hybridized carbons (Fsp3) is 0.308. The van der Waals surface area contributed by atoms with Crippen LogP contribution in [0.2, 0.25) is 4.47 Å². The van der Waals surface area contributed by atoms with E-state index >= 15 is 0 Å². The predicted molar refractivity (Wildman–Crippen MR) is 76.1 cm³/mol. The van der Waals surface area contributed by atoms with E-state index in [9.17, 15) is 4.79 Å². The third-order valence-corrected chi connectivity index (χ3v) is 4.25. The van der Waals surface area contributed by atoms with Gasteiger partial charge in [0.1, 0.15) is 0 Å². The molecule has 1 aliphatic rings. The van der Waals surface area contributed by atoms with Crippen molar-refractivity contribution in [1.29, 1.82) is 0 Å². The van der Waals surface area contributed by atoms with Crippen LogP contribution in [0.1, 0.15) is 27.3 Å². The Bertz CT molecular complexity index is 641. The van der Waals surface area contributed by atoms with Crippen LogP contribution < -0.4 is 4.90 Å². The zero-order valence-electron chi connectivity index (χ0n) is 10.4. The number of amides is 1. The first kappa shape index (κ1) is 12.6. The van der Waals surface area contributed by atoms with Crippen molar-refractivity contribution in [2.75, 3.05) is 11.4 Å². The number of carbonyl (C=O) groups is 1. The topological polar surface area (TPSA) is 46.1 Å². The number of aryl methyl sites for hydroxylation is 2. The molecule has 1 amide bonds. The Labute approximate surface area is 120 Å². The SMILES string of the molecule is Cc1cccc2c1N(C(=O)c1nnc(Cl)s1)CCC2. The van der Waals surface area contributed by atoms with Crippen LogP contribution in [-0.4, -0.2) is 22.6 Å². The summed E-state index contributed by atoms with van der Waals surface area (Å²) in [6.45, 7) is 2.74. The molecule has 2 heterocycles. The number of fused-ring (bicyclic) bond motifs is 1. The van der Waals surface area contributed by atoms with Gasteiger partial charge in [-0.1, -0.05) is 29.5 Å². The van der Waals surface area contributed by atoms with Gasteiger partial charge in [0, 0.05) is 6.54 Å². The maximum atomic E-state index is 12.5. The van der Waals surface area contributed by atoms with E-state index in [1.807, 2.05) is 19.1 Å². The number of carbonyl (C=O) groups excluding carboxylic acids is 1. The molecule has 0 aliphatic carbocycles. The van der Waals surface area contributed by atoms with E-state index < -0.39 is 0 Å². The van der Waals surface area contributed by atoms with Crippen molar-refractivity contribution < 1.29 is 4.79 Å². The Balaban J connectivity index is 2.02.